The van der Waals surface area contributed by atoms with E-state index in [1.54, 1.807) is 0 Å². The molecule has 0 bridgehead atoms. The van der Waals surface area contributed by atoms with Crippen LogP contribution < -0.4 is 5.32 Å². The molecule has 2 unspecified atom stereocenters. The summed E-state index contributed by atoms with van der Waals surface area (Å²) in [5.74, 6) is -1.05. The summed E-state index contributed by atoms with van der Waals surface area (Å²) in [4.78, 5) is 49.4. The van der Waals surface area contributed by atoms with Gasteiger partial charge in [-0.3, -0.25) is 34.3 Å². The molecule has 0 spiro atoms. The van der Waals surface area contributed by atoms with Crippen LogP contribution in [0.1, 0.15) is 25.7 Å². The number of nitrogens with one attached hydrogen (secondary N) is 1. The van der Waals surface area contributed by atoms with Gasteiger partial charge in [0.25, 0.3) is 0 Å². The Morgan fingerprint density at radius 1 is 0.947 bits per heavy atom. The third-order valence-electron chi connectivity index (χ3n) is 3.88. The third-order valence-corrected chi connectivity index (χ3v) is 3.88. The zero-order chi connectivity index (χ0) is 13.7. The van der Waals surface area contributed by atoms with Gasteiger partial charge in [-0.15, -0.1) is 0 Å². The first kappa shape index (κ1) is 12.3. The van der Waals surface area contributed by atoms with E-state index in [9.17, 15) is 19.2 Å². The molecule has 3 aliphatic rings. The number of amides is 4. The van der Waals surface area contributed by atoms with Gasteiger partial charge in [-0.25, -0.2) is 0 Å². The number of carbonyl (C=O) groups is 4. The Kier molecular flexibility index (Phi) is 2.67. The second-order valence-corrected chi connectivity index (χ2v) is 5.30. The molecule has 0 radical (unpaired) electrons. The molecular formula is C12H15N3O4. The molecular weight excluding hydrogens is 250 g/mol. The first-order valence-corrected chi connectivity index (χ1v) is 6.41. The lowest BCUT2D eigenvalue weighted by molar-refractivity contribution is -0.139. The summed E-state index contributed by atoms with van der Waals surface area (Å²) in [5, 5.41) is 2.86. The molecule has 2 atom stereocenters. The monoisotopic (exact) mass is 265 g/mol. The maximum absolute atomic E-state index is 12.1. The van der Waals surface area contributed by atoms with Gasteiger partial charge >= 0.3 is 0 Å². The van der Waals surface area contributed by atoms with Crippen LogP contribution in [0.5, 0.6) is 0 Å². The van der Waals surface area contributed by atoms with Gasteiger partial charge in [0.1, 0.15) is 0 Å². The highest BCUT2D eigenvalue weighted by Crippen LogP contribution is 2.31. The summed E-state index contributed by atoms with van der Waals surface area (Å²) in [6.07, 6.45) is 1.87. The predicted molar refractivity (Wildman–Crippen MR) is 62.6 cm³/mol. The molecule has 0 aromatic carbocycles. The second kappa shape index (κ2) is 4.12. The van der Waals surface area contributed by atoms with Crippen LogP contribution in [0.2, 0.25) is 0 Å². The van der Waals surface area contributed by atoms with E-state index in [2.05, 4.69) is 5.32 Å². The van der Waals surface area contributed by atoms with Gasteiger partial charge in [-0.1, -0.05) is 0 Å². The smallest absolute Gasteiger partial charge is 0.247 e. The Morgan fingerprint density at radius 3 is 2.05 bits per heavy atom. The Hall–Kier alpha value is -1.76. The molecule has 2 saturated heterocycles. The van der Waals surface area contributed by atoms with Gasteiger partial charge in [-0.2, -0.15) is 0 Å². The highest BCUT2D eigenvalue weighted by atomic mass is 16.2. The van der Waals surface area contributed by atoms with Crippen molar-refractivity contribution in [2.75, 3.05) is 7.05 Å². The van der Waals surface area contributed by atoms with Crippen LogP contribution in [-0.4, -0.2) is 58.6 Å². The van der Waals surface area contributed by atoms with E-state index in [0.29, 0.717) is 0 Å². The molecule has 1 saturated carbocycles. The Bertz CT molecular complexity index is 485. The molecule has 1 aliphatic carbocycles. The Balaban J connectivity index is 1.68. The van der Waals surface area contributed by atoms with E-state index < -0.39 is 12.1 Å². The van der Waals surface area contributed by atoms with Crippen molar-refractivity contribution in [2.24, 2.45) is 0 Å². The van der Waals surface area contributed by atoms with Gasteiger partial charge in [0, 0.05) is 13.1 Å². The van der Waals surface area contributed by atoms with E-state index in [1.165, 1.54) is 11.9 Å². The predicted octanol–water partition coefficient (Wildman–Crippen LogP) is -1.38. The zero-order valence-electron chi connectivity index (χ0n) is 10.6. The van der Waals surface area contributed by atoms with Gasteiger partial charge in [0.2, 0.25) is 23.6 Å². The first-order chi connectivity index (χ1) is 8.99. The minimum absolute atomic E-state index is 0.0513. The van der Waals surface area contributed by atoms with Crippen molar-refractivity contribution in [1.82, 2.24) is 15.1 Å². The fraction of sp³-hybridized carbons (Fsp3) is 0.667. The van der Waals surface area contributed by atoms with Crippen molar-refractivity contribution < 1.29 is 19.2 Å². The molecule has 7 nitrogen and oxygen atoms in total. The van der Waals surface area contributed by atoms with Gasteiger partial charge in [-0.05, 0) is 12.8 Å². The number of carbonyl (C=O) groups excluding carboxylic acids is 4. The third kappa shape index (κ3) is 1.94. The minimum atomic E-state index is -0.682. The standard InChI is InChI=1S/C12H15N3O4/c1-14-9(16)4-7(11(14)18)13-8-5-10(17)15(12(8)19)6-2-3-6/h6-8,13H,2-5H2,1H3. The van der Waals surface area contributed by atoms with E-state index in [-0.39, 0.29) is 42.5 Å². The number of hydrogen-bond donors (Lipinski definition) is 1. The molecule has 0 aromatic heterocycles. The van der Waals surface area contributed by atoms with Crippen LogP contribution >= 0.6 is 0 Å². The first-order valence-electron chi connectivity index (χ1n) is 6.41. The van der Waals surface area contributed by atoms with Crippen LogP contribution in [0, 0.1) is 0 Å². The van der Waals surface area contributed by atoms with E-state index in [1.807, 2.05) is 0 Å². The summed E-state index contributed by atoms with van der Waals surface area (Å²) in [6, 6.07) is -1.30. The molecule has 2 heterocycles. The SMILES string of the molecule is CN1C(=O)CC(NC2CC(=O)N(C3CC3)C2=O)C1=O. The average Bonchev–Trinajstić information content (AvgIpc) is 3.11. The van der Waals surface area contributed by atoms with Crippen LogP contribution in [0.25, 0.3) is 0 Å². The molecule has 102 valence electrons. The van der Waals surface area contributed by atoms with Crippen LogP contribution in [0.15, 0.2) is 0 Å². The summed E-state index contributed by atoms with van der Waals surface area (Å²) in [6.45, 7) is 0. The molecule has 7 heteroatoms. The van der Waals surface area contributed by atoms with Crippen LogP contribution in [-0.2, 0) is 19.2 Å². The van der Waals surface area contributed by atoms with Crippen molar-refractivity contribution >= 4 is 23.6 Å². The lowest BCUT2D eigenvalue weighted by atomic mass is 10.2. The van der Waals surface area contributed by atoms with Crippen molar-refractivity contribution in [3.8, 4) is 0 Å². The summed E-state index contributed by atoms with van der Waals surface area (Å²) >= 11 is 0. The Morgan fingerprint density at radius 2 is 1.53 bits per heavy atom. The zero-order valence-corrected chi connectivity index (χ0v) is 10.6. The van der Waals surface area contributed by atoms with E-state index in [0.717, 1.165) is 17.7 Å². The fourth-order valence-electron chi connectivity index (χ4n) is 2.63. The molecule has 1 N–H and O–H groups in total. The van der Waals surface area contributed by atoms with Crippen molar-refractivity contribution in [2.45, 2.75) is 43.8 Å². The lowest BCUT2D eigenvalue weighted by Gasteiger charge is -2.17. The van der Waals surface area contributed by atoms with E-state index >= 15 is 0 Å². The summed E-state index contributed by atoms with van der Waals surface area (Å²) in [5.41, 5.74) is 0. The Labute approximate surface area is 109 Å². The highest BCUT2D eigenvalue weighted by Gasteiger charge is 2.48. The quantitative estimate of drug-likeness (QED) is 0.636. The highest BCUT2D eigenvalue weighted by molar-refractivity contribution is 6.08. The van der Waals surface area contributed by atoms with Crippen LogP contribution in [0.3, 0.4) is 0 Å². The number of rotatable bonds is 3. The summed E-state index contributed by atoms with van der Waals surface area (Å²) < 4.78 is 0. The van der Waals surface area contributed by atoms with Gasteiger partial charge < -0.3 is 0 Å². The van der Waals surface area contributed by atoms with Crippen LogP contribution in [0.4, 0.5) is 0 Å². The molecule has 2 aliphatic heterocycles. The number of imide groups is 2. The van der Waals surface area contributed by atoms with E-state index in [4.69, 9.17) is 0 Å². The molecule has 0 aromatic rings. The number of nitrogens with zero attached hydrogens (tertiary/aromatic N) is 2. The largest absolute Gasteiger partial charge is 0.294 e. The van der Waals surface area contributed by atoms with Crippen molar-refractivity contribution in [1.29, 1.82) is 0 Å². The molecule has 4 amide bonds. The number of hydrogen-bond acceptors (Lipinski definition) is 5. The summed E-state index contributed by atoms with van der Waals surface area (Å²) in [7, 11) is 1.42. The maximum Gasteiger partial charge on any atom is 0.247 e. The van der Waals surface area contributed by atoms with Crippen molar-refractivity contribution in [3.63, 3.8) is 0 Å². The fourth-order valence-corrected chi connectivity index (χ4v) is 2.63. The normalized spacial score (nSPS) is 31.8. The minimum Gasteiger partial charge on any atom is -0.294 e. The molecule has 3 rings (SSSR count). The number of likely N-dealkylation sites (N-methyl/N-ethyl adjacent to an activating group) is 1. The lowest BCUT2D eigenvalue weighted by Crippen LogP contribution is -2.47. The molecule has 3 fully saturated rings. The van der Waals surface area contributed by atoms with Crippen molar-refractivity contribution in [3.05, 3.63) is 0 Å². The van der Waals surface area contributed by atoms with Gasteiger partial charge in [0.05, 0.1) is 24.9 Å². The molecule has 19 heavy (non-hydrogen) atoms. The second-order valence-electron chi connectivity index (χ2n) is 5.30. The maximum atomic E-state index is 12.1. The number of likely N-dealkylation sites (tertiary alicyclic amines) is 2. The van der Waals surface area contributed by atoms with Gasteiger partial charge in [0.15, 0.2) is 0 Å². The topological polar surface area (TPSA) is 86.8 Å². The average molecular weight is 265 g/mol.